The molecular weight excluding hydrogens is 381 g/mol. The van der Waals surface area contributed by atoms with Gasteiger partial charge in [-0.3, -0.25) is 0 Å². The predicted molar refractivity (Wildman–Crippen MR) is 76.3 cm³/mol. The van der Waals surface area contributed by atoms with Crippen LogP contribution in [0.5, 0.6) is 0 Å². The fraction of sp³-hybridized carbons (Fsp3) is 0.111. The molecule has 0 saturated heterocycles. The SMILES string of the molecule is O=C=Nc1c(Cl)c(Cl)c(C(Cl)(Cl)Cl)c(N=C=O)c1Cl. The van der Waals surface area contributed by atoms with E-state index in [9.17, 15) is 9.59 Å². The number of hydrogen-bond acceptors (Lipinski definition) is 4. The molecule has 0 saturated carbocycles. The molecule has 0 heterocycles. The van der Waals surface area contributed by atoms with Crippen LogP contribution in [0.25, 0.3) is 0 Å². The van der Waals surface area contributed by atoms with Crippen molar-refractivity contribution in [3.8, 4) is 0 Å². The third-order valence-electron chi connectivity index (χ3n) is 1.87. The number of halogens is 6. The molecule has 0 unspecified atom stereocenters. The van der Waals surface area contributed by atoms with Crippen molar-refractivity contribution in [2.24, 2.45) is 9.98 Å². The number of aliphatic imine (C=N–C) groups is 2. The Morgan fingerprint density at radius 1 is 0.789 bits per heavy atom. The second-order valence-corrected chi connectivity index (χ2v) is 6.33. The fourth-order valence-corrected chi connectivity index (χ4v) is 2.76. The van der Waals surface area contributed by atoms with Crippen molar-refractivity contribution < 1.29 is 9.59 Å². The first-order chi connectivity index (χ1) is 8.75. The summed E-state index contributed by atoms with van der Waals surface area (Å²) >= 11 is 34.8. The van der Waals surface area contributed by atoms with Crippen LogP contribution in [0.15, 0.2) is 9.98 Å². The number of alkyl halides is 3. The van der Waals surface area contributed by atoms with Crippen LogP contribution < -0.4 is 0 Å². The van der Waals surface area contributed by atoms with Crippen LogP contribution in [0.1, 0.15) is 5.56 Å². The molecule has 10 heteroatoms. The second-order valence-electron chi connectivity index (χ2n) is 2.92. The minimum atomic E-state index is -2.05. The summed E-state index contributed by atoms with van der Waals surface area (Å²) in [6.07, 6.45) is 2.45. The Morgan fingerprint density at radius 3 is 1.68 bits per heavy atom. The molecule has 0 N–H and O–H groups in total. The van der Waals surface area contributed by atoms with Gasteiger partial charge in [0.15, 0.2) is 0 Å². The maximum atomic E-state index is 10.4. The van der Waals surface area contributed by atoms with E-state index in [-0.39, 0.29) is 32.0 Å². The minimum Gasteiger partial charge on any atom is -0.211 e. The third-order valence-corrected chi connectivity index (χ3v) is 3.64. The third kappa shape index (κ3) is 3.43. The molecule has 1 rings (SSSR count). The molecule has 19 heavy (non-hydrogen) atoms. The topological polar surface area (TPSA) is 58.9 Å². The van der Waals surface area contributed by atoms with Crippen molar-refractivity contribution in [1.82, 2.24) is 0 Å². The fourth-order valence-electron chi connectivity index (χ4n) is 1.19. The van der Waals surface area contributed by atoms with Gasteiger partial charge in [0.05, 0.1) is 20.6 Å². The van der Waals surface area contributed by atoms with Gasteiger partial charge in [-0.05, 0) is 0 Å². The Balaban J connectivity index is 3.95. The predicted octanol–water partition coefficient (Wildman–Crippen LogP) is 5.41. The van der Waals surface area contributed by atoms with E-state index in [1.807, 2.05) is 0 Å². The van der Waals surface area contributed by atoms with Gasteiger partial charge in [0, 0.05) is 0 Å². The molecule has 0 aromatic heterocycles. The van der Waals surface area contributed by atoms with E-state index in [0.29, 0.717) is 0 Å². The molecule has 0 spiro atoms. The standard InChI is InChI=1S/C9Cl6N2O2/c10-4-3(9(13,14)15)7(16-1-18)6(12)8(5(4)11)17-2-19. The monoisotopic (exact) mass is 378 g/mol. The van der Waals surface area contributed by atoms with Gasteiger partial charge in [-0.1, -0.05) is 69.6 Å². The Hall–Kier alpha value is -0.280. The van der Waals surface area contributed by atoms with Crippen LogP contribution in [0, 0.1) is 0 Å². The van der Waals surface area contributed by atoms with Crippen LogP contribution in [0.4, 0.5) is 11.4 Å². The van der Waals surface area contributed by atoms with Crippen LogP contribution >= 0.6 is 69.6 Å². The molecule has 0 amide bonds. The average molecular weight is 381 g/mol. The number of rotatable bonds is 2. The summed E-state index contributed by atoms with van der Waals surface area (Å²) < 4.78 is -2.05. The Kier molecular flexibility index (Phi) is 5.69. The summed E-state index contributed by atoms with van der Waals surface area (Å²) in [4.78, 5) is 27.3. The maximum Gasteiger partial charge on any atom is 0.240 e. The molecule has 0 radical (unpaired) electrons. The lowest BCUT2D eigenvalue weighted by Crippen LogP contribution is -2.03. The van der Waals surface area contributed by atoms with Crippen molar-refractivity contribution in [1.29, 1.82) is 0 Å². The zero-order chi connectivity index (χ0) is 14.8. The number of carbonyl (C=O) groups excluding carboxylic acids is 2. The number of hydrogen-bond donors (Lipinski definition) is 0. The minimum absolute atomic E-state index is 0.220. The molecule has 100 valence electrons. The van der Waals surface area contributed by atoms with Crippen LogP contribution in [-0.2, 0) is 13.4 Å². The zero-order valence-corrected chi connectivity index (χ0v) is 13.0. The number of isocyanates is 2. The lowest BCUT2D eigenvalue weighted by molar-refractivity contribution is 0.565. The highest BCUT2D eigenvalue weighted by Crippen LogP contribution is 2.55. The molecule has 0 atom stereocenters. The summed E-state index contributed by atoms with van der Waals surface area (Å²) in [5.74, 6) is 0. The van der Waals surface area contributed by atoms with E-state index >= 15 is 0 Å². The van der Waals surface area contributed by atoms with Crippen LogP contribution in [-0.4, -0.2) is 12.2 Å². The molecule has 0 bridgehead atoms. The summed E-state index contributed by atoms with van der Waals surface area (Å²) in [6.45, 7) is 0. The van der Waals surface area contributed by atoms with Gasteiger partial charge in [-0.15, -0.1) is 0 Å². The highest BCUT2D eigenvalue weighted by molar-refractivity contribution is 6.68. The quantitative estimate of drug-likeness (QED) is 0.298. The van der Waals surface area contributed by atoms with E-state index in [0.717, 1.165) is 0 Å². The Morgan fingerprint density at radius 2 is 1.26 bits per heavy atom. The van der Waals surface area contributed by atoms with Crippen molar-refractivity contribution in [2.45, 2.75) is 3.79 Å². The van der Waals surface area contributed by atoms with E-state index in [1.54, 1.807) is 0 Å². The summed E-state index contributed by atoms with van der Waals surface area (Å²) in [6, 6.07) is 0. The molecule has 0 fully saturated rings. The van der Waals surface area contributed by atoms with Crippen molar-refractivity contribution in [3.05, 3.63) is 20.6 Å². The van der Waals surface area contributed by atoms with E-state index in [2.05, 4.69) is 9.98 Å². The molecule has 0 aliphatic carbocycles. The Bertz CT molecular complexity index is 627. The highest BCUT2D eigenvalue weighted by atomic mass is 35.6. The van der Waals surface area contributed by atoms with Gasteiger partial charge >= 0.3 is 0 Å². The van der Waals surface area contributed by atoms with Crippen molar-refractivity contribution >= 4 is 93.1 Å². The average Bonchev–Trinajstić information content (AvgIpc) is 2.30. The smallest absolute Gasteiger partial charge is 0.211 e. The molecule has 0 aliphatic rings. The largest absolute Gasteiger partial charge is 0.240 e. The van der Waals surface area contributed by atoms with E-state index < -0.39 is 3.79 Å². The Labute approximate surface area is 136 Å². The molecule has 0 aliphatic heterocycles. The molecule has 1 aromatic rings. The van der Waals surface area contributed by atoms with Gasteiger partial charge in [-0.25, -0.2) is 9.59 Å². The van der Waals surface area contributed by atoms with Gasteiger partial charge in [0.25, 0.3) is 0 Å². The molecule has 1 aromatic carbocycles. The van der Waals surface area contributed by atoms with E-state index in [4.69, 9.17) is 69.6 Å². The first-order valence-corrected chi connectivity index (χ1v) is 6.45. The summed E-state index contributed by atoms with van der Waals surface area (Å²) in [7, 11) is 0. The lowest BCUT2D eigenvalue weighted by atomic mass is 10.1. The van der Waals surface area contributed by atoms with Crippen LogP contribution in [0.2, 0.25) is 15.1 Å². The van der Waals surface area contributed by atoms with Gasteiger partial charge in [-0.2, -0.15) is 9.98 Å². The normalized spacial score (nSPS) is 10.6. The van der Waals surface area contributed by atoms with Crippen molar-refractivity contribution in [3.63, 3.8) is 0 Å². The molecule has 4 nitrogen and oxygen atoms in total. The van der Waals surface area contributed by atoms with Gasteiger partial charge < -0.3 is 0 Å². The zero-order valence-electron chi connectivity index (χ0n) is 8.48. The van der Waals surface area contributed by atoms with Gasteiger partial charge in [0.2, 0.25) is 16.0 Å². The first kappa shape index (κ1) is 16.8. The summed E-state index contributed by atoms with van der Waals surface area (Å²) in [5.41, 5.74) is -0.752. The number of benzene rings is 1. The maximum absolute atomic E-state index is 10.4. The summed E-state index contributed by atoms with van der Waals surface area (Å²) in [5, 5.41) is -0.780. The first-order valence-electron chi connectivity index (χ1n) is 4.19. The number of nitrogens with zero attached hydrogens (tertiary/aromatic N) is 2. The second kappa shape index (κ2) is 6.45. The van der Waals surface area contributed by atoms with Crippen molar-refractivity contribution in [2.75, 3.05) is 0 Å². The van der Waals surface area contributed by atoms with E-state index in [1.165, 1.54) is 12.2 Å². The van der Waals surface area contributed by atoms with Crippen LogP contribution in [0.3, 0.4) is 0 Å². The highest BCUT2D eigenvalue weighted by Gasteiger charge is 2.34. The van der Waals surface area contributed by atoms with Gasteiger partial charge in [0.1, 0.15) is 11.4 Å². The molecular formula is C9Cl6N2O2. The lowest BCUT2D eigenvalue weighted by Gasteiger charge is -2.18.